The summed E-state index contributed by atoms with van der Waals surface area (Å²) in [7, 11) is 0. The Labute approximate surface area is 88.0 Å². The van der Waals surface area contributed by atoms with Crippen LogP contribution in [0.5, 0.6) is 0 Å². The number of amides is 1. The van der Waals surface area contributed by atoms with Crippen LogP contribution in [0.25, 0.3) is 0 Å². The SMILES string of the molecule is C=CCC(=O)N1CCC(O)(C(=O)O)CC1. The summed E-state index contributed by atoms with van der Waals surface area (Å²) in [4.78, 5) is 23.7. The Hall–Kier alpha value is -1.36. The van der Waals surface area contributed by atoms with Crippen LogP contribution in [-0.2, 0) is 9.59 Å². The molecule has 0 aromatic heterocycles. The molecule has 0 atom stereocenters. The van der Waals surface area contributed by atoms with Crippen molar-refractivity contribution in [2.45, 2.75) is 24.9 Å². The van der Waals surface area contributed by atoms with E-state index in [1.165, 1.54) is 6.08 Å². The van der Waals surface area contributed by atoms with Crippen molar-refractivity contribution in [3.63, 3.8) is 0 Å². The molecule has 0 saturated carbocycles. The highest BCUT2D eigenvalue weighted by atomic mass is 16.4. The summed E-state index contributed by atoms with van der Waals surface area (Å²) in [5, 5.41) is 18.4. The van der Waals surface area contributed by atoms with Crippen molar-refractivity contribution in [3.8, 4) is 0 Å². The van der Waals surface area contributed by atoms with Crippen LogP contribution < -0.4 is 0 Å². The average molecular weight is 213 g/mol. The number of nitrogens with zero attached hydrogens (tertiary/aromatic N) is 1. The van der Waals surface area contributed by atoms with Gasteiger partial charge in [0.05, 0.1) is 0 Å². The molecule has 0 unspecified atom stereocenters. The normalized spacial score (nSPS) is 19.7. The second-order valence-corrected chi connectivity index (χ2v) is 3.71. The van der Waals surface area contributed by atoms with Crippen molar-refractivity contribution in [1.29, 1.82) is 0 Å². The number of carboxylic acids is 1. The van der Waals surface area contributed by atoms with Crippen LogP contribution in [0.15, 0.2) is 12.7 Å². The van der Waals surface area contributed by atoms with E-state index in [2.05, 4.69) is 6.58 Å². The van der Waals surface area contributed by atoms with Gasteiger partial charge in [-0.05, 0) is 0 Å². The molecule has 1 aliphatic heterocycles. The van der Waals surface area contributed by atoms with Crippen LogP contribution in [0.4, 0.5) is 0 Å². The summed E-state index contributed by atoms with van der Waals surface area (Å²) in [6.07, 6.45) is 1.95. The van der Waals surface area contributed by atoms with Crippen LogP contribution in [0, 0.1) is 0 Å². The Morgan fingerprint density at radius 1 is 1.40 bits per heavy atom. The number of aliphatic carboxylic acids is 1. The van der Waals surface area contributed by atoms with Crippen molar-refractivity contribution in [2.24, 2.45) is 0 Å². The largest absolute Gasteiger partial charge is 0.479 e. The van der Waals surface area contributed by atoms with Crippen molar-refractivity contribution in [3.05, 3.63) is 12.7 Å². The number of piperidine rings is 1. The van der Waals surface area contributed by atoms with E-state index in [-0.39, 0.29) is 38.3 Å². The molecule has 84 valence electrons. The minimum atomic E-state index is -1.66. The van der Waals surface area contributed by atoms with Crippen LogP contribution in [0.2, 0.25) is 0 Å². The predicted octanol–water partition coefficient (Wildman–Crippen LogP) is 0.000600. The topological polar surface area (TPSA) is 77.8 Å². The van der Waals surface area contributed by atoms with Crippen LogP contribution in [0.1, 0.15) is 19.3 Å². The second-order valence-electron chi connectivity index (χ2n) is 3.71. The molecule has 1 fully saturated rings. The molecule has 1 aliphatic rings. The summed E-state index contributed by atoms with van der Waals surface area (Å²) in [6.45, 7) is 4.04. The number of hydrogen-bond donors (Lipinski definition) is 2. The van der Waals surface area contributed by atoms with Crippen molar-refractivity contribution in [1.82, 2.24) is 4.90 Å². The quantitative estimate of drug-likeness (QED) is 0.647. The second kappa shape index (κ2) is 4.44. The van der Waals surface area contributed by atoms with Crippen LogP contribution in [0.3, 0.4) is 0 Å². The van der Waals surface area contributed by atoms with E-state index >= 15 is 0 Å². The molecule has 15 heavy (non-hydrogen) atoms. The molecule has 0 aromatic rings. The zero-order chi connectivity index (χ0) is 11.5. The maximum atomic E-state index is 11.4. The third kappa shape index (κ3) is 2.56. The molecular formula is C10H15NO4. The Balaban J connectivity index is 2.52. The number of carboxylic acid groups (broad SMARTS) is 1. The molecule has 2 N–H and O–H groups in total. The molecule has 5 heteroatoms. The summed E-state index contributed by atoms with van der Waals surface area (Å²) in [5.41, 5.74) is -1.66. The van der Waals surface area contributed by atoms with E-state index in [0.717, 1.165) is 0 Å². The van der Waals surface area contributed by atoms with E-state index in [0.29, 0.717) is 0 Å². The lowest BCUT2D eigenvalue weighted by Crippen LogP contribution is -2.50. The van der Waals surface area contributed by atoms with Gasteiger partial charge in [0.2, 0.25) is 5.91 Å². The zero-order valence-electron chi connectivity index (χ0n) is 8.48. The first-order valence-corrected chi connectivity index (χ1v) is 4.84. The van der Waals surface area contributed by atoms with Gasteiger partial charge < -0.3 is 15.1 Å². The minimum absolute atomic E-state index is 0.0718. The summed E-state index contributed by atoms with van der Waals surface area (Å²) in [5.74, 6) is -1.28. The maximum Gasteiger partial charge on any atom is 0.335 e. The van der Waals surface area contributed by atoms with Gasteiger partial charge in [0.1, 0.15) is 0 Å². The first-order valence-electron chi connectivity index (χ1n) is 4.84. The van der Waals surface area contributed by atoms with Crippen molar-refractivity contribution < 1.29 is 19.8 Å². The molecule has 1 rings (SSSR count). The number of carbonyl (C=O) groups is 2. The number of likely N-dealkylation sites (tertiary alicyclic amines) is 1. The fraction of sp³-hybridized carbons (Fsp3) is 0.600. The van der Waals surface area contributed by atoms with Gasteiger partial charge in [0.25, 0.3) is 0 Å². The molecule has 0 radical (unpaired) electrons. The molecule has 1 saturated heterocycles. The molecule has 0 aliphatic carbocycles. The zero-order valence-corrected chi connectivity index (χ0v) is 8.48. The summed E-state index contributed by atoms with van der Waals surface area (Å²) < 4.78 is 0. The highest BCUT2D eigenvalue weighted by Gasteiger charge is 2.40. The van der Waals surface area contributed by atoms with E-state index in [4.69, 9.17) is 5.11 Å². The standard InChI is InChI=1S/C10H15NO4/c1-2-3-8(12)11-6-4-10(15,5-7-11)9(13)14/h2,15H,1,3-7H2,(H,13,14). The highest BCUT2D eigenvalue weighted by molar-refractivity contribution is 5.80. The van der Waals surface area contributed by atoms with Gasteiger partial charge in [-0.2, -0.15) is 0 Å². The van der Waals surface area contributed by atoms with Crippen LogP contribution in [-0.4, -0.2) is 45.7 Å². The molecule has 0 spiro atoms. The van der Waals surface area contributed by atoms with E-state index in [9.17, 15) is 14.7 Å². The van der Waals surface area contributed by atoms with Gasteiger partial charge in [-0.3, -0.25) is 4.79 Å². The van der Waals surface area contributed by atoms with Crippen LogP contribution >= 0.6 is 0 Å². The molecular weight excluding hydrogens is 198 g/mol. The number of hydrogen-bond acceptors (Lipinski definition) is 3. The fourth-order valence-corrected chi connectivity index (χ4v) is 1.59. The Morgan fingerprint density at radius 3 is 2.33 bits per heavy atom. The lowest BCUT2D eigenvalue weighted by molar-refractivity contribution is -0.165. The van der Waals surface area contributed by atoms with Gasteiger partial charge in [0, 0.05) is 32.4 Å². The molecule has 0 bridgehead atoms. The lowest BCUT2D eigenvalue weighted by atomic mass is 9.91. The van der Waals surface area contributed by atoms with Gasteiger partial charge in [-0.1, -0.05) is 6.08 Å². The first kappa shape index (κ1) is 11.7. The maximum absolute atomic E-state index is 11.4. The van der Waals surface area contributed by atoms with Crippen molar-refractivity contribution in [2.75, 3.05) is 13.1 Å². The summed E-state index contributed by atoms with van der Waals surface area (Å²) in [6, 6.07) is 0. The van der Waals surface area contributed by atoms with Gasteiger partial charge in [-0.15, -0.1) is 6.58 Å². The van der Waals surface area contributed by atoms with Gasteiger partial charge in [0.15, 0.2) is 5.60 Å². The van der Waals surface area contributed by atoms with E-state index in [1.807, 2.05) is 0 Å². The Morgan fingerprint density at radius 2 is 1.93 bits per heavy atom. The fourth-order valence-electron chi connectivity index (χ4n) is 1.59. The Bertz CT molecular complexity index is 279. The van der Waals surface area contributed by atoms with Gasteiger partial charge >= 0.3 is 5.97 Å². The number of aliphatic hydroxyl groups is 1. The molecule has 1 amide bonds. The number of rotatable bonds is 3. The first-order chi connectivity index (χ1) is 6.99. The summed E-state index contributed by atoms with van der Waals surface area (Å²) >= 11 is 0. The Kier molecular flexibility index (Phi) is 3.47. The smallest absolute Gasteiger partial charge is 0.335 e. The molecule has 0 aromatic carbocycles. The van der Waals surface area contributed by atoms with E-state index < -0.39 is 11.6 Å². The van der Waals surface area contributed by atoms with Gasteiger partial charge in [-0.25, -0.2) is 4.79 Å². The molecule has 1 heterocycles. The monoisotopic (exact) mass is 213 g/mol. The minimum Gasteiger partial charge on any atom is -0.479 e. The average Bonchev–Trinajstić information content (AvgIpc) is 2.19. The number of carbonyl (C=O) groups excluding carboxylic acids is 1. The lowest BCUT2D eigenvalue weighted by Gasteiger charge is -2.35. The highest BCUT2D eigenvalue weighted by Crippen LogP contribution is 2.22. The predicted molar refractivity (Wildman–Crippen MR) is 53.2 cm³/mol. The third-order valence-electron chi connectivity index (χ3n) is 2.66. The molecule has 5 nitrogen and oxygen atoms in total. The van der Waals surface area contributed by atoms with E-state index in [1.54, 1.807) is 4.90 Å². The third-order valence-corrected chi connectivity index (χ3v) is 2.66. The van der Waals surface area contributed by atoms with Crippen molar-refractivity contribution >= 4 is 11.9 Å².